The Labute approximate surface area is 114 Å². The number of hydrogen-bond donors (Lipinski definition) is 2. The van der Waals surface area contributed by atoms with Gasteiger partial charge in [-0.25, -0.2) is 0 Å². The van der Waals surface area contributed by atoms with Crippen molar-refractivity contribution < 1.29 is 0 Å². The fourth-order valence-corrected chi connectivity index (χ4v) is 3.02. The summed E-state index contributed by atoms with van der Waals surface area (Å²) in [7, 11) is 6.12. The van der Waals surface area contributed by atoms with Crippen molar-refractivity contribution in [3.05, 3.63) is 11.3 Å². The number of nitrogen functional groups attached to an aromatic ring is 1. The molecule has 1 aliphatic rings. The average Bonchev–Trinajstić information content (AvgIpc) is 2.81. The molecule has 1 aromatic heterocycles. The first-order valence-electron chi connectivity index (χ1n) is 6.71. The summed E-state index contributed by atoms with van der Waals surface area (Å²) < 4.78 is 1.86. The summed E-state index contributed by atoms with van der Waals surface area (Å²) in [6, 6.07) is 0.475. The van der Waals surface area contributed by atoms with Gasteiger partial charge in [-0.05, 0) is 33.9 Å². The molecule has 3 N–H and O–H groups in total. The van der Waals surface area contributed by atoms with Crippen LogP contribution in [0.2, 0.25) is 0 Å². The molecule has 6 heteroatoms. The molecule has 1 saturated heterocycles. The Morgan fingerprint density at radius 1 is 1.53 bits per heavy atom. The van der Waals surface area contributed by atoms with E-state index in [1.807, 2.05) is 18.7 Å². The van der Waals surface area contributed by atoms with E-state index in [0.717, 1.165) is 30.2 Å². The first kappa shape index (κ1) is 13.9. The van der Waals surface area contributed by atoms with Crippen molar-refractivity contribution in [3.63, 3.8) is 0 Å². The second kappa shape index (κ2) is 5.21. The van der Waals surface area contributed by atoms with Crippen LogP contribution in [0.3, 0.4) is 0 Å². The minimum absolute atomic E-state index is 0.108. The number of rotatable bonds is 4. The maximum Gasteiger partial charge on any atom is 0.138 e. The van der Waals surface area contributed by atoms with Gasteiger partial charge in [-0.15, -0.1) is 0 Å². The van der Waals surface area contributed by atoms with Crippen molar-refractivity contribution in [1.29, 1.82) is 5.41 Å². The first-order valence-corrected chi connectivity index (χ1v) is 6.71. The molecule has 1 fully saturated rings. The molecule has 0 aromatic carbocycles. The lowest BCUT2D eigenvalue weighted by Crippen LogP contribution is -2.39. The van der Waals surface area contributed by atoms with Crippen molar-refractivity contribution in [2.24, 2.45) is 12.8 Å². The van der Waals surface area contributed by atoms with Crippen LogP contribution in [-0.2, 0) is 7.05 Å². The summed E-state index contributed by atoms with van der Waals surface area (Å²) in [5.41, 5.74) is 7.36. The van der Waals surface area contributed by atoms with Crippen LogP contribution in [0.25, 0.3) is 0 Å². The highest BCUT2D eigenvalue weighted by Gasteiger charge is 2.30. The van der Waals surface area contributed by atoms with Gasteiger partial charge < -0.3 is 15.5 Å². The second-order valence-corrected chi connectivity index (χ2v) is 5.57. The molecule has 0 bridgehead atoms. The fourth-order valence-electron chi connectivity index (χ4n) is 3.02. The smallest absolute Gasteiger partial charge is 0.138 e. The topological polar surface area (TPSA) is 74.2 Å². The largest absolute Gasteiger partial charge is 0.384 e. The summed E-state index contributed by atoms with van der Waals surface area (Å²) in [5.74, 6) is 1.10. The van der Waals surface area contributed by atoms with Crippen LogP contribution in [0.4, 0.5) is 5.82 Å². The maximum atomic E-state index is 7.79. The normalized spacial score (nSPS) is 19.4. The van der Waals surface area contributed by atoms with E-state index >= 15 is 0 Å². The van der Waals surface area contributed by atoms with Gasteiger partial charge in [0, 0.05) is 26.2 Å². The second-order valence-electron chi connectivity index (χ2n) is 5.57. The Morgan fingerprint density at radius 3 is 2.79 bits per heavy atom. The van der Waals surface area contributed by atoms with Gasteiger partial charge in [0.05, 0.1) is 11.3 Å². The van der Waals surface area contributed by atoms with Crippen LogP contribution in [-0.4, -0.2) is 53.7 Å². The zero-order chi connectivity index (χ0) is 14.2. The van der Waals surface area contributed by atoms with Crippen molar-refractivity contribution in [2.75, 3.05) is 32.1 Å². The van der Waals surface area contributed by atoms with Crippen LogP contribution in [0.15, 0.2) is 0 Å². The average molecular weight is 264 g/mol. The number of aryl methyl sites for hydroxylation is 2. The lowest BCUT2D eigenvalue weighted by Gasteiger charge is -2.29. The number of likely N-dealkylation sites (N-methyl/N-ethyl adjacent to an activating group) is 1. The van der Waals surface area contributed by atoms with Crippen molar-refractivity contribution in [1.82, 2.24) is 14.7 Å². The number of aromatic nitrogens is 2. The summed E-state index contributed by atoms with van der Waals surface area (Å²) in [6.45, 7) is 3.94. The first-order chi connectivity index (χ1) is 8.91. The number of nitrogens with one attached hydrogen (secondary N) is 1. The minimum Gasteiger partial charge on any atom is -0.384 e. The third-order valence-electron chi connectivity index (χ3n) is 3.69. The van der Waals surface area contributed by atoms with Crippen molar-refractivity contribution >= 4 is 11.7 Å². The van der Waals surface area contributed by atoms with Gasteiger partial charge in [0.1, 0.15) is 11.7 Å². The van der Waals surface area contributed by atoms with Crippen LogP contribution < -0.4 is 10.6 Å². The van der Waals surface area contributed by atoms with Gasteiger partial charge in [-0.1, -0.05) is 0 Å². The molecule has 19 heavy (non-hydrogen) atoms. The predicted octanol–water partition coefficient (Wildman–Crippen LogP) is 0.543. The van der Waals surface area contributed by atoms with Crippen LogP contribution in [0.5, 0.6) is 0 Å². The highest BCUT2D eigenvalue weighted by molar-refractivity contribution is 6.01. The summed E-state index contributed by atoms with van der Waals surface area (Å²) in [5, 5.41) is 12.2. The molecule has 0 radical (unpaired) electrons. The van der Waals surface area contributed by atoms with E-state index in [1.165, 1.54) is 12.8 Å². The number of hydrogen-bond acceptors (Lipinski definition) is 4. The Bertz CT molecular complexity index is 476. The molecule has 0 spiro atoms. The van der Waals surface area contributed by atoms with E-state index in [0.29, 0.717) is 6.04 Å². The molecule has 0 aliphatic carbocycles. The Hall–Kier alpha value is -1.56. The van der Waals surface area contributed by atoms with E-state index in [-0.39, 0.29) is 5.84 Å². The van der Waals surface area contributed by atoms with Gasteiger partial charge >= 0.3 is 0 Å². The monoisotopic (exact) mass is 264 g/mol. The van der Waals surface area contributed by atoms with Gasteiger partial charge in [0.25, 0.3) is 0 Å². The van der Waals surface area contributed by atoms with Crippen LogP contribution in [0.1, 0.15) is 24.1 Å². The highest BCUT2D eigenvalue weighted by atomic mass is 15.4. The number of anilines is 1. The molecule has 0 saturated carbocycles. The van der Waals surface area contributed by atoms with Gasteiger partial charge in [0.15, 0.2) is 0 Å². The number of amidine groups is 1. The predicted molar refractivity (Wildman–Crippen MR) is 77.9 cm³/mol. The van der Waals surface area contributed by atoms with E-state index in [1.54, 1.807) is 0 Å². The highest BCUT2D eigenvalue weighted by Crippen LogP contribution is 2.30. The molecule has 2 rings (SSSR count). The Balaban J connectivity index is 2.37. The molecule has 106 valence electrons. The maximum absolute atomic E-state index is 7.79. The lowest BCUT2D eigenvalue weighted by atomic mass is 10.1. The quantitative estimate of drug-likeness (QED) is 0.615. The molecule has 2 heterocycles. The third-order valence-corrected chi connectivity index (χ3v) is 3.69. The Kier molecular flexibility index (Phi) is 3.80. The molecular formula is C13H24N6. The fraction of sp³-hybridized carbons (Fsp3) is 0.692. The van der Waals surface area contributed by atoms with Gasteiger partial charge in [-0.2, -0.15) is 5.10 Å². The molecule has 1 atom stereocenters. The summed E-state index contributed by atoms with van der Waals surface area (Å²) >= 11 is 0. The standard InChI is InChI=1S/C13H24N6/c1-9-11(12(14)15)13(18(4)16-9)19-7-5-6-10(19)8-17(2)3/h10H,5-8H2,1-4H3,(H3,14,15). The van der Waals surface area contributed by atoms with E-state index < -0.39 is 0 Å². The number of nitrogens with two attached hydrogens (primary N) is 1. The van der Waals surface area contributed by atoms with Crippen LogP contribution >= 0.6 is 0 Å². The minimum atomic E-state index is 0.108. The van der Waals surface area contributed by atoms with E-state index in [2.05, 4.69) is 29.0 Å². The number of nitrogens with zero attached hydrogens (tertiary/aromatic N) is 4. The SMILES string of the molecule is Cc1nn(C)c(N2CCCC2CN(C)C)c1C(=N)N. The lowest BCUT2D eigenvalue weighted by molar-refractivity contribution is 0.370. The summed E-state index contributed by atoms with van der Waals surface area (Å²) in [6.07, 6.45) is 2.36. The molecule has 6 nitrogen and oxygen atoms in total. The molecule has 1 unspecified atom stereocenters. The molecule has 1 aromatic rings. The molecular weight excluding hydrogens is 240 g/mol. The van der Waals surface area contributed by atoms with Gasteiger partial charge in [0.2, 0.25) is 0 Å². The van der Waals surface area contributed by atoms with E-state index in [4.69, 9.17) is 11.1 Å². The summed E-state index contributed by atoms with van der Waals surface area (Å²) in [4.78, 5) is 4.57. The third kappa shape index (κ3) is 2.58. The van der Waals surface area contributed by atoms with Gasteiger partial charge in [-0.3, -0.25) is 10.1 Å². The van der Waals surface area contributed by atoms with E-state index in [9.17, 15) is 0 Å². The van der Waals surface area contributed by atoms with Crippen molar-refractivity contribution in [3.8, 4) is 0 Å². The van der Waals surface area contributed by atoms with Crippen LogP contribution in [0, 0.1) is 12.3 Å². The van der Waals surface area contributed by atoms with Crippen molar-refractivity contribution in [2.45, 2.75) is 25.8 Å². The Morgan fingerprint density at radius 2 is 2.21 bits per heavy atom. The molecule has 1 aliphatic heterocycles. The molecule has 0 amide bonds. The zero-order valence-corrected chi connectivity index (χ0v) is 12.3. The zero-order valence-electron chi connectivity index (χ0n) is 12.3.